The predicted octanol–water partition coefficient (Wildman–Crippen LogP) is -0.720. The molecule has 1 saturated heterocycles. The maximum atomic E-state index is 12.7. The van der Waals surface area contributed by atoms with Crippen LogP contribution in [0.5, 0.6) is 0 Å². The van der Waals surface area contributed by atoms with Gasteiger partial charge in [-0.25, -0.2) is 28.6 Å². The first-order valence-electron chi connectivity index (χ1n) is 16.5. The lowest BCUT2D eigenvalue weighted by Gasteiger charge is -2.30. The molecule has 29 heteroatoms. The second-order valence-corrected chi connectivity index (χ2v) is 18.1. The minimum atomic E-state index is -5.58. The number of amides is 2. The lowest BCUT2D eigenvalue weighted by molar-refractivity contribution is -0.137. The lowest BCUT2D eigenvalue weighted by atomic mass is 9.87. The van der Waals surface area contributed by atoms with E-state index in [1.165, 1.54) is 20.8 Å². The summed E-state index contributed by atoms with van der Waals surface area (Å²) in [4.78, 5) is 99.1. The second kappa shape index (κ2) is 19.8. The fraction of sp³-hybridized carbons (Fsp3) is 0.667. The molecule has 0 aliphatic carbocycles. The number of Topliss-reactive ketones (excluding diaryl/α,β-unsaturated/α-hetero) is 1. The minimum Gasteiger partial charge on any atom is -0.386 e. The number of anilines is 1. The van der Waals surface area contributed by atoms with E-state index in [9.17, 15) is 62.7 Å². The largest absolute Gasteiger partial charge is 0.481 e. The molecule has 10 N–H and O–H groups in total. The molecule has 0 bridgehead atoms. The monoisotopic (exact) mass is 879 g/mol. The summed E-state index contributed by atoms with van der Waals surface area (Å²) in [6, 6.07) is 0. The van der Waals surface area contributed by atoms with E-state index in [-0.39, 0.29) is 59.6 Å². The van der Waals surface area contributed by atoms with E-state index in [1.807, 2.05) is 0 Å². The minimum absolute atomic E-state index is 0.0240. The molecule has 1 aliphatic rings. The topological polar surface area (TPSA) is 381 Å². The summed E-state index contributed by atoms with van der Waals surface area (Å²) in [5.41, 5.74) is 4.22. The van der Waals surface area contributed by atoms with Crippen molar-refractivity contribution >= 4 is 74.9 Å². The molecule has 0 spiro atoms. The van der Waals surface area contributed by atoms with Crippen LogP contribution < -0.4 is 16.4 Å². The van der Waals surface area contributed by atoms with Crippen LogP contribution in [0.2, 0.25) is 0 Å². The van der Waals surface area contributed by atoms with Crippen LogP contribution in [0.4, 0.5) is 5.82 Å². The summed E-state index contributed by atoms with van der Waals surface area (Å²) in [5.74, 6) is -2.27. The van der Waals surface area contributed by atoms with Crippen LogP contribution in [0.1, 0.15) is 46.8 Å². The number of imidazole rings is 1. The van der Waals surface area contributed by atoms with E-state index in [2.05, 4.69) is 34.4 Å². The molecule has 0 aromatic carbocycles. The number of nitrogens with two attached hydrogens (primary N) is 1. The van der Waals surface area contributed by atoms with Gasteiger partial charge in [0.25, 0.3) is 0 Å². The first kappa shape index (κ1) is 47.6. The molecule has 0 saturated carbocycles. The Bertz CT molecular complexity index is 1880. The quantitative estimate of drug-likeness (QED) is 0.0400. The fourth-order valence-electron chi connectivity index (χ4n) is 4.84. The number of aliphatic hydroxyl groups is 2. The van der Waals surface area contributed by atoms with Crippen molar-refractivity contribution in [1.29, 1.82) is 0 Å². The third kappa shape index (κ3) is 13.7. The van der Waals surface area contributed by atoms with Crippen molar-refractivity contribution in [1.82, 2.24) is 30.2 Å². The highest BCUT2D eigenvalue weighted by molar-refractivity contribution is 8.13. The van der Waals surface area contributed by atoms with E-state index in [1.54, 1.807) is 6.92 Å². The first-order valence-corrected chi connectivity index (χ1v) is 22.0. The number of rotatable bonds is 22. The highest BCUT2D eigenvalue weighted by Gasteiger charge is 2.50. The Kier molecular flexibility index (Phi) is 16.8. The van der Waals surface area contributed by atoms with Gasteiger partial charge in [-0.2, -0.15) is 4.31 Å². The highest BCUT2D eigenvalue weighted by Crippen LogP contribution is 2.61. The van der Waals surface area contributed by atoms with Gasteiger partial charge in [0.05, 0.1) is 25.5 Å². The number of carbonyl (C=O) groups excluding carboxylic acids is 4. The number of ketones is 1. The molecule has 1 aliphatic heterocycles. The molecular formula is C27H44N7O18P3S. The summed E-state index contributed by atoms with van der Waals surface area (Å²) in [6.07, 6.45) is -6.80. The molecule has 2 amide bonds. The average Bonchev–Trinajstić information content (AvgIpc) is 3.67. The number of hydrogen-bond donors (Lipinski definition) is 9. The van der Waals surface area contributed by atoms with Crippen LogP contribution >= 0.6 is 35.2 Å². The van der Waals surface area contributed by atoms with Crippen molar-refractivity contribution < 1.29 is 85.3 Å². The molecule has 3 unspecified atom stereocenters. The zero-order valence-corrected chi connectivity index (χ0v) is 33.8. The van der Waals surface area contributed by atoms with Gasteiger partial charge in [0.15, 0.2) is 22.8 Å². The number of phosphoric ester groups is 3. The van der Waals surface area contributed by atoms with E-state index >= 15 is 0 Å². The van der Waals surface area contributed by atoms with Crippen LogP contribution in [-0.4, -0.2) is 128 Å². The molecule has 56 heavy (non-hydrogen) atoms. The van der Waals surface area contributed by atoms with Crippen molar-refractivity contribution in [3.05, 3.63) is 12.7 Å². The summed E-state index contributed by atoms with van der Waals surface area (Å²) in [5, 5.41) is 25.9. The summed E-state index contributed by atoms with van der Waals surface area (Å²) >= 11 is 0.901. The van der Waals surface area contributed by atoms with Gasteiger partial charge >= 0.3 is 23.5 Å². The number of thioether (sulfide) groups is 1. The number of fused-ring (bicyclic) bond motifs is 1. The number of carbonyl (C=O) groups is 4. The maximum absolute atomic E-state index is 12.7. The van der Waals surface area contributed by atoms with Gasteiger partial charge in [-0.1, -0.05) is 32.5 Å². The molecular weight excluding hydrogens is 835 g/mol. The average molecular weight is 880 g/mol. The Labute approximate surface area is 322 Å². The molecule has 3 heterocycles. The highest BCUT2D eigenvalue weighted by atomic mass is 32.2. The van der Waals surface area contributed by atoms with Crippen molar-refractivity contribution in [3.8, 4) is 0 Å². The lowest BCUT2D eigenvalue weighted by Crippen LogP contribution is -2.46. The summed E-state index contributed by atoms with van der Waals surface area (Å²) < 4.78 is 62.0. The Morgan fingerprint density at radius 3 is 2.36 bits per heavy atom. The van der Waals surface area contributed by atoms with Gasteiger partial charge in [-0.15, -0.1) is 0 Å². The molecule has 1 fully saturated rings. The maximum Gasteiger partial charge on any atom is 0.481 e. The van der Waals surface area contributed by atoms with Gasteiger partial charge in [-0.3, -0.25) is 37.3 Å². The molecule has 0 radical (unpaired) electrons. The molecule has 3 rings (SSSR count). The van der Waals surface area contributed by atoms with Crippen LogP contribution in [-0.2, 0) is 55.5 Å². The van der Waals surface area contributed by atoms with Crippen molar-refractivity contribution in [2.24, 2.45) is 11.3 Å². The number of nitrogen functional groups attached to an aromatic ring is 1. The summed E-state index contributed by atoms with van der Waals surface area (Å²) in [6.45, 7) is 3.46. The molecule has 8 atom stereocenters. The van der Waals surface area contributed by atoms with Gasteiger partial charge in [-0.05, 0) is 6.92 Å². The molecule has 316 valence electrons. The van der Waals surface area contributed by atoms with Crippen LogP contribution in [0.15, 0.2) is 12.7 Å². The van der Waals surface area contributed by atoms with E-state index in [0.29, 0.717) is 0 Å². The van der Waals surface area contributed by atoms with E-state index < -0.39 is 90.5 Å². The molecule has 2 aromatic rings. The number of aromatic nitrogens is 4. The van der Waals surface area contributed by atoms with Gasteiger partial charge < -0.3 is 50.9 Å². The normalized spacial score (nSPS) is 22.2. The smallest absolute Gasteiger partial charge is 0.386 e. The standard InChI is InChI=1S/C27H44N7O18P3S/c1-5-15(35)14(2)26(40)56-9-8-29-17(36)6-7-30-24(39)21(38)27(3,4)11-49-55(46,47)52-54(44,45)48-10-16-20(51-53(41,42)43)19(37)25(50-16)34-13-33-18-22(28)31-12-32-23(18)34/h12-14,16,19-21,25,37-38H,5-11H2,1-4H3,(H,29,36)(H,30,39)(H,44,45)(H,46,47)(H2,28,31,32)(H2,41,42,43)/t14?,16-,19-,20-,21+,25-/m1/s1. The Morgan fingerprint density at radius 2 is 1.71 bits per heavy atom. The number of phosphoric acid groups is 3. The third-order valence-corrected chi connectivity index (χ3v) is 12.1. The predicted molar refractivity (Wildman–Crippen MR) is 192 cm³/mol. The van der Waals surface area contributed by atoms with Crippen LogP contribution in [0.3, 0.4) is 0 Å². The van der Waals surface area contributed by atoms with Gasteiger partial charge in [0.1, 0.15) is 42.0 Å². The van der Waals surface area contributed by atoms with Crippen molar-refractivity contribution in [2.45, 2.75) is 71.2 Å². The molecule has 2 aromatic heterocycles. The molecule has 25 nitrogen and oxygen atoms in total. The third-order valence-electron chi connectivity index (χ3n) is 7.93. The van der Waals surface area contributed by atoms with Crippen molar-refractivity contribution in [3.63, 3.8) is 0 Å². The SMILES string of the molecule is CCC(=O)C(C)C(=O)SCCNC(=O)CCNC(=O)[C@H](O)C(C)(C)COP(=O)(O)OP(=O)(O)OC[C@H]1O[C@@H](n2cnc3c(N)ncnc32)[C@H](O)[C@@H]1OP(=O)(O)O. The number of aliphatic hydroxyl groups excluding tert-OH is 2. The van der Waals surface area contributed by atoms with Crippen molar-refractivity contribution in [2.75, 3.05) is 37.8 Å². The van der Waals surface area contributed by atoms with Gasteiger partial charge in [0, 0.05) is 37.1 Å². The number of ether oxygens (including phenoxy) is 1. The number of nitrogens with one attached hydrogen (secondary N) is 2. The number of hydrogen-bond acceptors (Lipinski definition) is 19. The Balaban J connectivity index is 1.49. The fourth-order valence-corrected chi connectivity index (χ4v) is 8.46. The van der Waals surface area contributed by atoms with Gasteiger partial charge in [0.2, 0.25) is 11.8 Å². The van der Waals surface area contributed by atoms with E-state index in [4.69, 9.17) is 19.5 Å². The Morgan fingerprint density at radius 1 is 1.05 bits per heavy atom. The Hall–Kier alpha value is -2.77. The second-order valence-electron chi connectivity index (χ2n) is 12.8. The number of nitrogens with zero attached hydrogens (tertiary/aromatic N) is 4. The van der Waals surface area contributed by atoms with E-state index in [0.717, 1.165) is 29.0 Å². The van der Waals surface area contributed by atoms with Crippen LogP contribution in [0, 0.1) is 11.3 Å². The first-order chi connectivity index (χ1) is 25.9. The summed E-state index contributed by atoms with van der Waals surface area (Å²) in [7, 11) is -16.4. The zero-order chi connectivity index (χ0) is 42.2. The van der Waals surface area contributed by atoms with Crippen LogP contribution in [0.25, 0.3) is 11.2 Å². The zero-order valence-electron chi connectivity index (χ0n) is 30.3.